The van der Waals surface area contributed by atoms with Gasteiger partial charge in [0.25, 0.3) is 0 Å². The standard InChI is InChI=1S/C11H19NO3S/c1-8-2-3-10(6-8)12-11(13)9-4-5-16(14,15)7-9/h8-10H,2-7H2,1H3,(H,12,13). The van der Waals surface area contributed by atoms with Crippen LogP contribution in [0.3, 0.4) is 0 Å². The predicted molar refractivity (Wildman–Crippen MR) is 61.7 cm³/mol. The van der Waals surface area contributed by atoms with Gasteiger partial charge in [0.15, 0.2) is 9.84 Å². The lowest BCUT2D eigenvalue weighted by Crippen LogP contribution is -2.38. The number of hydrogen-bond donors (Lipinski definition) is 1. The lowest BCUT2D eigenvalue weighted by atomic mass is 10.1. The summed E-state index contributed by atoms with van der Waals surface area (Å²) in [7, 11) is -2.95. The molecule has 1 aliphatic carbocycles. The molecular weight excluding hydrogens is 226 g/mol. The van der Waals surface area contributed by atoms with E-state index in [0.29, 0.717) is 12.3 Å². The van der Waals surface area contributed by atoms with Gasteiger partial charge >= 0.3 is 0 Å². The molecule has 5 heteroatoms. The fraction of sp³-hybridized carbons (Fsp3) is 0.909. The first-order valence-electron chi connectivity index (χ1n) is 5.97. The van der Waals surface area contributed by atoms with E-state index in [4.69, 9.17) is 0 Å². The molecule has 0 spiro atoms. The van der Waals surface area contributed by atoms with E-state index < -0.39 is 9.84 Å². The number of nitrogens with one attached hydrogen (secondary N) is 1. The first-order chi connectivity index (χ1) is 7.46. The lowest BCUT2D eigenvalue weighted by Gasteiger charge is -2.15. The Hall–Kier alpha value is -0.580. The molecular formula is C11H19NO3S. The summed E-state index contributed by atoms with van der Waals surface area (Å²) in [5, 5.41) is 2.99. The van der Waals surface area contributed by atoms with E-state index in [1.54, 1.807) is 0 Å². The van der Waals surface area contributed by atoms with E-state index in [1.807, 2.05) is 0 Å². The van der Waals surface area contributed by atoms with Crippen molar-refractivity contribution in [3.63, 3.8) is 0 Å². The van der Waals surface area contributed by atoms with Crippen molar-refractivity contribution in [1.29, 1.82) is 0 Å². The minimum absolute atomic E-state index is 0.0428. The Morgan fingerprint density at radius 1 is 1.25 bits per heavy atom. The van der Waals surface area contributed by atoms with Crippen molar-refractivity contribution < 1.29 is 13.2 Å². The van der Waals surface area contributed by atoms with Crippen LogP contribution in [-0.4, -0.2) is 31.9 Å². The molecule has 0 aromatic carbocycles. The molecule has 1 saturated carbocycles. The largest absolute Gasteiger partial charge is 0.353 e. The second kappa shape index (κ2) is 4.35. The molecule has 1 saturated heterocycles. The Morgan fingerprint density at radius 3 is 2.50 bits per heavy atom. The second-order valence-corrected chi connectivity index (χ2v) is 7.45. The van der Waals surface area contributed by atoms with Crippen LogP contribution in [0.2, 0.25) is 0 Å². The minimum Gasteiger partial charge on any atom is -0.353 e. The summed E-state index contributed by atoms with van der Waals surface area (Å²) >= 11 is 0. The Kier molecular flexibility index (Phi) is 3.24. The summed E-state index contributed by atoms with van der Waals surface area (Å²) in [6.45, 7) is 2.19. The Morgan fingerprint density at radius 2 is 2.00 bits per heavy atom. The zero-order valence-corrected chi connectivity index (χ0v) is 10.4. The molecule has 1 amide bonds. The zero-order chi connectivity index (χ0) is 11.8. The Bertz CT molecular complexity index is 377. The molecule has 16 heavy (non-hydrogen) atoms. The smallest absolute Gasteiger partial charge is 0.224 e. The highest BCUT2D eigenvalue weighted by molar-refractivity contribution is 7.91. The molecule has 3 atom stereocenters. The fourth-order valence-electron chi connectivity index (χ4n) is 2.66. The molecule has 4 nitrogen and oxygen atoms in total. The van der Waals surface area contributed by atoms with E-state index in [2.05, 4.69) is 12.2 Å². The molecule has 0 aromatic heterocycles. The molecule has 2 rings (SSSR count). The molecule has 1 heterocycles. The van der Waals surface area contributed by atoms with Crippen molar-refractivity contribution in [3.8, 4) is 0 Å². The fourth-order valence-corrected chi connectivity index (χ4v) is 4.40. The van der Waals surface area contributed by atoms with Crippen LogP contribution < -0.4 is 5.32 Å². The number of carbonyl (C=O) groups is 1. The lowest BCUT2D eigenvalue weighted by molar-refractivity contribution is -0.124. The number of carbonyl (C=O) groups excluding carboxylic acids is 1. The monoisotopic (exact) mass is 245 g/mol. The van der Waals surface area contributed by atoms with Gasteiger partial charge in [0.05, 0.1) is 17.4 Å². The van der Waals surface area contributed by atoms with Crippen molar-refractivity contribution >= 4 is 15.7 Å². The highest BCUT2D eigenvalue weighted by atomic mass is 32.2. The molecule has 1 N–H and O–H groups in total. The number of sulfone groups is 1. The topological polar surface area (TPSA) is 63.2 Å². The van der Waals surface area contributed by atoms with Crippen LogP contribution in [-0.2, 0) is 14.6 Å². The number of amides is 1. The maximum atomic E-state index is 11.8. The van der Waals surface area contributed by atoms with Crippen LogP contribution in [0, 0.1) is 11.8 Å². The Balaban J connectivity index is 1.85. The quantitative estimate of drug-likeness (QED) is 0.780. The van der Waals surface area contributed by atoms with Crippen LogP contribution in [0.25, 0.3) is 0 Å². The average Bonchev–Trinajstić information content (AvgIpc) is 2.72. The average molecular weight is 245 g/mol. The van der Waals surface area contributed by atoms with Crippen molar-refractivity contribution in [1.82, 2.24) is 5.32 Å². The van der Waals surface area contributed by atoms with Gasteiger partial charge in [-0.15, -0.1) is 0 Å². The van der Waals surface area contributed by atoms with Crippen LogP contribution in [0.1, 0.15) is 32.6 Å². The number of hydrogen-bond acceptors (Lipinski definition) is 3. The third-order valence-corrected chi connectivity index (χ3v) is 5.41. The van der Waals surface area contributed by atoms with Crippen LogP contribution in [0.5, 0.6) is 0 Å². The van der Waals surface area contributed by atoms with Gasteiger partial charge in [-0.3, -0.25) is 4.79 Å². The first-order valence-corrected chi connectivity index (χ1v) is 7.79. The second-order valence-electron chi connectivity index (χ2n) is 5.22. The third kappa shape index (κ3) is 2.75. The molecule has 0 aromatic rings. The van der Waals surface area contributed by atoms with E-state index >= 15 is 0 Å². The van der Waals surface area contributed by atoms with E-state index in [1.165, 1.54) is 0 Å². The summed E-state index contributed by atoms with van der Waals surface area (Å²) in [5.74, 6) is 0.534. The summed E-state index contributed by atoms with van der Waals surface area (Å²) in [5.41, 5.74) is 0. The predicted octanol–water partition coefficient (Wildman–Crippen LogP) is 0.726. The van der Waals surface area contributed by atoms with Gasteiger partial charge in [-0.1, -0.05) is 6.92 Å². The normalized spacial score (nSPS) is 37.4. The molecule has 1 aliphatic heterocycles. The highest BCUT2D eigenvalue weighted by Crippen LogP contribution is 2.26. The molecule has 92 valence electrons. The van der Waals surface area contributed by atoms with Gasteiger partial charge in [0.2, 0.25) is 5.91 Å². The van der Waals surface area contributed by atoms with Crippen molar-refractivity contribution in [2.24, 2.45) is 11.8 Å². The van der Waals surface area contributed by atoms with Crippen molar-refractivity contribution in [3.05, 3.63) is 0 Å². The highest BCUT2D eigenvalue weighted by Gasteiger charge is 2.34. The molecule has 3 unspecified atom stereocenters. The molecule has 2 aliphatic rings. The maximum Gasteiger partial charge on any atom is 0.224 e. The van der Waals surface area contributed by atoms with E-state index in [9.17, 15) is 13.2 Å². The molecule has 2 fully saturated rings. The zero-order valence-electron chi connectivity index (χ0n) is 9.61. The first kappa shape index (κ1) is 11.9. The van der Waals surface area contributed by atoms with Gasteiger partial charge in [0.1, 0.15) is 0 Å². The number of rotatable bonds is 2. The van der Waals surface area contributed by atoms with Crippen LogP contribution in [0.15, 0.2) is 0 Å². The van der Waals surface area contributed by atoms with E-state index in [-0.39, 0.29) is 29.4 Å². The van der Waals surface area contributed by atoms with Crippen molar-refractivity contribution in [2.45, 2.75) is 38.6 Å². The van der Waals surface area contributed by atoms with Crippen LogP contribution >= 0.6 is 0 Å². The van der Waals surface area contributed by atoms with Gasteiger partial charge in [-0.25, -0.2) is 8.42 Å². The van der Waals surface area contributed by atoms with E-state index in [0.717, 1.165) is 19.3 Å². The van der Waals surface area contributed by atoms with Gasteiger partial charge in [-0.05, 0) is 31.6 Å². The SMILES string of the molecule is CC1CCC(NC(=O)C2CCS(=O)(=O)C2)C1. The van der Waals surface area contributed by atoms with Crippen LogP contribution in [0.4, 0.5) is 0 Å². The summed E-state index contributed by atoms with van der Waals surface area (Å²) in [6, 6.07) is 0.269. The molecule has 0 bridgehead atoms. The van der Waals surface area contributed by atoms with Gasteiger partial charge < -0.3 is 5.32 Å². The summed E-state index contributed by atoms with van der Waals surface area (Å²) < 4.78 is 22.5. The Labute approximate surface area is 96.7 Å². The van der Waals surface area contributed by atoms with Gasteiger partial charge in [0, 0.05) is 6.04 Å². The molecule has 0 radical (unpaired) electrons. The summed E-state index contributed by atoms with van der Waals surface area (Å²) in [6.07, 6.45) is 3.72. The third-order valence-electron chi connectivity index (χ3n) is 3.64. The minimum atomic E-state index is -2.95. The van der Waals surface area contributed by atoms with Gasteiger partial charge in [-0.2, -0.15) is 0 Å². The summed E-state index contributed by atoms with van der Waals surface area (Å²) in [4.78, 5) is 11.8. The van der Waals surface area contributed by atoms with Crippen molar-refractivity contribution in [2.75, 3.05) is 11.5 Å². The maximum absolute atomic E-state index is 11.8.